The second kappa shape index (κ2) is 3.34. The lowest BCUT2D eigenvalue weighted by atomic mass is 10.2. The summed E-state index contributed by atoms with van der Waals surface area (Å²) in [6.07, 6.45) is 0. The molecule has 0 fully saturated rings. The van der Waals surface area contributed by atoms with Gasteiger partial charge in [0.1, 0.15) is 12.1 Å². The molecule has 0 aliphatic carbocycles. The summed E-state index contributed by atoms with van der Waals surface area (Å²) in [6.45, 7) is 0. The van der Waals surface area contributed by atoms with Crippen molar-refractivity contribution in [3.63, 3.8) is 0 Å². The molecule has 0 radical (unpaired) electrons. The summed E-state index contributed by atoms with van der Waals surface area (Å²) in [7, 11) is 0. The molecule has 1 aromatic rings. The van der Waals surface area contributed by atoms with E-state index in [9.17, 15) is 4.79 Å². The number of nitriles is 1. The highest BCUT2D eigenvalue weighted by atomic mass is 32.1. The zero-order valence-corrected chi connectivity index (χ0v) is 6.84. The van der Waals surface area contributed by atoms with Gasteiger partial charge in [0.15, 0.2) is 0 Å². The number of rotatable bonds is 2. The number of nitrogens with two attached hydrogens (primary N) is 1. The summed E-state index contributed by atoms with van der Waals surface area (Å²) in [5.74, 6) is -1.12. The average Bonchev–Trinajstić information content (AvgIpc) is 2.49. The first kappa shape index (κ1) is 8.71. The molecule has 0 bridgehead atoms. The van der Waals surface area contributed by atoms with E-state index in [2.05, 4.69) is 0 Å². The maximum absolute atomic E-state index is 10.4. The fourth-order valence-corrected chi connectivity index (χ4v) is 1.61. The van der Waals surface area contributed by atoms with E-state index in [0.717, 1.165) is 0 Å². The van der Waals surface area contributed by atoms with Crippen molar-refractivity contribution in [3.8, 4) is 6.07 Å². The molecule has 5 heteroatoms. The Balaban J connectivity index is 3.03. The number of hydrogen-bond acceptors (Lipinski definition) is 4. The summed E-state index contributed by atoms with van der Waals surface area (Å²) < 4.78 is 0. The summed E-state index contributed by atoms with van der Waals surface area (Å²) in [5.41, 5.74) is 5.66. The van der Waals surface area contributed by atoms with Crippen molar-refractivity contribution in [2.24, 2.45) is 5.73 Å². The van der Waals surface area contributed by atoms with Crippen LogP contribution in [0.25, 0.3) is 0 Å². The molecular formula is C7H6N2O2S. The van der Waals surface area contributed by atoms with E-state index in [1.165, 1.54) is 11.3 Å². The predicted octanol–water partition coefficient (Wildman–Crippen LogP) is 0.704. The number of hydrogen-bond donors (Lipinski definition) is 2. The quantitative estimate of drug-likeness (QED) is 0.704. The van der Waals surface area contributed by atoms with Gasteiger partial charge in [0.05, 0.1) is 10.4 Å². The normalized spacial score (nSPS) is 12.0. The molecule has 1 atom stereocenters. The van der Waals surface area contributed by atoms with Crippen LogP contribution < -0.4 is 5.73 Å². The van der Waals surface area contributed by atoms with Gasteiger partial charge in [-0.05, 0) is 11.4 Å². The van der Waals surface area contributed by atoms with E-state index < -0.39 is 12.0 Å². The van der Waals surface area contributed by atoms with Crippen LogP contribution in [0.1, 0.15) is 16.5 Å². The largest absolute Gasteiger partial charge is 0.480 e. The lowest BCUT2D eigenvalue weighted by Gasteiger charge is -2.02. The molecule has 0 aromatic carbocycles. The topological polar surface area (TPSA) is 87.1 Å². The van der Waals surface area contributed by atoms with Crippen LogP contribution in [0.5, 0.6) is 0 Å². The highest BCUT2D eigenvalue weighted by Crippen LogP contribution is 2.22. The minimum absolute atomic E-state index is 0.343. The van der Waals surface area contributed by atoms with Gasteiger partial charge in [-0.3, -0.25) is 4.79 Å². The number of nitrogens with zero attached hydrogens (tertiary/aromatic N) is 1. The SMILES string of the molecule is N#Cc1ccsc1C(N)C(=O)O. The van der Waals surface area contributed by atoms with E-state index in [1.54, 1.807) is 11.4 Å². The van der Waals surface area contributed by atoms with Crippen LogP contribution in [0.3, 0.4) is 0 Å². The van der Waals surface area contributed by atoms with Crippen molar-refractivity contribution in [1.82, 2.24) is 0 Å². The number of aliphatic carboxylic acids is 1. The van der Waals surface area contributed by atoms with Crippen LogP contribution in [0, 0.1) is 11.3 Å². The van der Waals surface area contributed by atoms with Gasteiger partial charge < -0.3 is 10.8 Å². The summed E-state index contributed by atoms with van der Waals surface area (Å²) in [6, 6.07) is 2.35. The van der Waals surface area contributed by atoms with Crippen molar-refractivity contribution in [1.29, 1.82) is 5.26 Å². The van der Waals surface area contributed by atoms with Crippen LogP contribution >= 0.6 is 11.3 Å². The van der Waals surface area contributed by atoms with Gasteiger partial charge in [-0.25, -0.2) is 0 Å². The number of thiophene rings is 1. The first-order valence-electron chi connectivity index (χ1n) is 3.12. The highest BCUT2D eigenvalue weighted by Gasteiger charge is 2.18. The Kier molecular flexibility index (Phi) is 2.43. The van der Waals surface area contributed by atoms with Crippen molar-refractivity contribution in [2.75, 3.05) is 0 Å². The highest BCUT2D eigenvalue weighted by molar-refractivity contribution is 7.10. The molecule has 1 unspecified atom stereocenters. The molecule has 1 rings (SSSR count). The van der Waals surface area contributed by atoms with E-state index in [0.29, 0.717) is 10.4 Å². The van der Waals surface area contributed by atoms with Gasteiger partial charge >= 0.3 is 5.97 Å². The van der Waals surface area contributed by atoms with Crippen molar-refractivity contribution < 1.29 is 9.90 Å². The second-order valence-corrected chi connectivity index (χ2v) is 3.07. The van der Waals surface area contributed by atoms with Crippen molar-refractivity contribution in [2.45, 2.75) is 6.04 Å². The van der Waals surface area contributed by atoms with Gasteiger partial charge in [-0.2, -0.15) is 5.26 Å². The van der Waals surface area contributed by atoms with E-state index in [4.69, 9.17) is 16.1 Å². The van der Waals surface area contributed by atoms with Crippen LogP contribution in [0.2, 0.25) is 0 Å². The maximum atomic E-state index is 10.4. The van der Waals surface area contributed by atoms with Crippen LogP contribution in [-0.4, -0.2) is 11.1 Å². The third kappa shape index (κ3) is 1.44. The van der Waals surface area contributed by atoms with E-state index in [1.807, 2.05) is 6.07 Å². The zero-order chi connectivity index (χ0) is 9.14. The summed E-state index contributed by atoms with van der Waals surface area (Å²) >= 11 is 1.18. The molecule has 1 aromatic heterocycles. The zero-order valence-electron chi connectivity index (χ0n) is 6.02. The Morgan fingerprint density at radius 3 is 3.00 bits per heavy atom. The molecule has 0 amide bonds. The molecule has 4 nitrogen and oxygen atoms in total. The monoisotopic (exact) mass is 182 g/mol. The predicted molar refractivity (Wildman–Crippen MR) is 43.6 cm³/mol. The van der Waals surface area contributed by atoms with Crippen LogP contribution in [0.15, 0.2) is 11.4 Å². The van der Waals surface area contributed by atoms with Crippen molar-refractivity contribution >= 4 is 17.3 Å². The molecule has 3 N–H and O–H groups in total. The summed E-state index contributed by atoms with van der Waals surface area (Å²) in [4.78, 5) is 10.8. The van der Waals surface area contributed by atoms with Gasteiger partial charge in [0.2, 0.25) is 0 Å². The van der Waals surface area contributed by atoms with E-state index in [-0.39, 0.29) is 0 Å². The Labute approximate surface area is 72.9 Å². The fraction of sp³-hybridized carbons (Fsp3) is 0.143. The lowest BCUT2D eigenvalue weighted by molar-refractivity contribution is -0.138. The first-order valence-corrected chi connectivity index (χ1v) is 4.00. The van der Waals surface area contributed by atoms with Crippen molar-refractivity contribution in [3.05, 3.63) is 21.9 Å². The molecule has 0 aliphatic rings. The summed E-state index contributed by atoms with van der Waals surface area (Å²) in [5, 5.41) is 18.7. The number of carboxylic acids is 1. The minimum atomic E-state index is -1.12. The Morgan fingerprint density at radius 2 is 2.50 bits per heavy atom. The Morgan fingerprint density at radius 1 is 1.83 bits per heavy atom. The molecule has 0 spiro atoms. The Hall–Kier alpha value is -1.38. The smallest absolute Gasteiger partial charge is 0.326 e. The Bertz CT molecular complexity index is 339. The fourth-order valence-electron chi connectivity index (χ4n) is 0.766. The lowest BCUT2D eigenvalue weighted by Crippen LogP contribution is -2.20. The number of carboxylic acid groups (broad SMARTS) is 1. The molecular weight excluding hydrogens is 176 g/mol. The van der Waals surface area contributed by atoms with Gasteiger partial charge in [-0.15, -0.1) is 11.3 Å². The number of carbonyl (C=O) groups is 1. The molecule has 62 valence electrons. The second-order valence-electron chi connectivity index (χ2n) is 2.13. The maximum Gasteiger partial charge on any atom is 0.326 e. The third-order valence-corrected chi connectivity index (χ3v) is 2.36. The standard InChI is InChI=1S/C7H6N2O2S/c8-3-4-1-2-12-6(4)5(9)7(10)11/h1-2,5H,9H2,(H,10,11). The third-order valence-electron chi connectivity index (χ3n) is 1.36. The molecule has 0 aliphatic heterocycles. The van der Waals surface area contributed by atoms with Gasteiger partial charge in [0.25, 0.3) is 0 Å². The molecule has 1 heterocycles. The molecule has 12 heavy (non-hydrogen) atoms. The van der Waals surface area contributed by atoms with Crippen LogP contribution in [0.4, 0.5) is 0 Å². The first-order chi connectivity index (χ1) is 5.66. The molecule has 0 saturated heterocycles. The van der Waals surface area contributed by atoms with Gasteiger partial charge in [-0.1, -0.05) is 0 Å². The van der Waals surface area contributed by atoms with Crippen LogP contribution in [-0.2, 0) is 4.79 Å². The average molecular weight is 182 g/mol. The van der Waals surface area contributed by atoms with E-state index >= 15 is 0 Å². The minimum Gasteiger partial charge on any atom is -0.480 e. The molecule has 0 saturated carbocycles. The van der Waals surface area contributed by atoms with Gasteiger partial charge in [0, 0.05) is 0 Å².